The third kappa shape index (κ3) is 2.10. The summed E-state index contributed by atoms with van der Waals surface area (Å²) in [5.74, 6) is -0.255. The maximum Gasteiger partial charge on any atom is 0.337 e. The molecule has 16 heavy (non-hydrogen) atoms. The van der Waals surface area contributed by atoms with Crippen LogP contribution in [0.3, 0.4) is 0 Å². The van der Waals surface area contributed by atoms with Gasteiger partial charge in [-0.1, -0.05) is 13.3 Å². The van der Waals surface area contributed by atoms with E-state index in [9.17, 15) is 4.79 Å². The van der Waals surface area contributed by atoms with Gasteiger partial charge in [-0.3, -0.25) is 0 Å². The standard InChI is InChI=1S/C12H16N2O2/c1-2-7-5-11(7)14-8-3-4-10(13)9(6-8)12(15)16/h3-4,6-7,11,14H,2,5,13H2,1H3,(H,15,16). The molecule has 2 unspecified atom stereocenters. The van der Waals surface area contributed by atoms with Gasteiger partial charge in [-0.05, 0) is 30.5 Å². The van der Waals surface area contributed by atoms with Gasteiger partial charge < -0.3 is 16.2 Å². The van der Waals surface area contributed by atoms with E-state index in [1.807, 2.05) is 6.07 Å². The van der Waals surface area contributed by atoms with E-state index in [-0.39, 0.29) is 5.56 Å². The zero-order chi connectivity index (χ0) is 11.7. The first kappa shape index (κ1) is 10.8. The molecule has 0 aliphatic heterocycles. The molecule has 4 N–H and O–H groups in total. The summed E-state index contributed by atoms with van der Waals surface area (Å²) in [5, 5.41) is 12.3. The van der Waals surface area contributed by atoms with E-state index in [2.05, 4.69) is 12.2 Å². The summed E-state index contributed by atoms with van der Waals surface area (Å²) in [6.07, 6.45) is 2.34. The molecule has 0 amide bonds. The van der Waals surface area contributed by atoms with E-state index in [1.54, 1.807) is 12.1 Å². The Kier molecular flexibility index (Phi) is 2.73. The average Bonchev–Trinajstić information content (AvgIpc) is 2.99. The van der Waals surface area contributed by atoms with Crippen LogP contribution in [0.25, 0.3) is 0 Å². The summed E-state index contributed by atoms with van der Waals surface area (Å²) in [4.78, 5) is 10.9. The molecule has 0 saturated heterocycles. The van der Waals surface area contributed by atoms with E-state index in [0.717, 1.165) is 11.6 Å². The molecule has 0 bridgehead atoms. The quantitative estimate of drug-likeness (QED) is 0.680. The third-order valence-corrected chi connectivity index (χ3v) is 3.08. The molecule has 1 aliphatic rings. The van der Waals surface area contributed by atoms with E-state index < -0.39 is 5.97 Å². The van der Waals surface area contributed by atoms with Crippen molar-refractivity contribution in [3.8, 4) is 0 Å². The highest BCUT2D eigenvalue weighted by Crippen LogP contribution is 2.36. The number of aromatic carboxylic acids is 1. The highest BCUT2D eigenvalue weighted by molar-refractivity contribution is 5.94. The van der Waals surface area contributed by atoms with Crippen molar-refractivity contribution in [3.05, 3.63) is 23.8 Å². The Labute approximate surface area is 94.5 Å². The van der Waals surface area contributed by atoms with Crippen LogP contribution in [0.5, 0.6) is 0 Å². The number of hydrogen-bond acceptors (Lipinski definition) is 3. The van der Waals surface area contributed by atoms with Gasteiger partial charge in [0, 0.05) is 17.4 Å². The normalized spacial score (nSPS) is 22.8. The van der Waals surface area contributed by atoms with Crippen LogP contribution in [0, 0.1) is 5.92 Å². The van der Waals surface area contributed by atoms with Crippen molar-refractivity contribution in [1.29, 1.82) is 0 Å². The summed E-state index contributed by atoms with van der Waals surface area (Å²) in [6.45, 7) is 2.16. The first-order valence-corrected chi connectivity index (χ1v) is 5.51. The maximum atomic E-state index is 10.9. The molecule has 1 aliphatic carbocycles. The molecule has 1 aromatic carbocycles. The van der Waals surface area contributed by atoms with Gasteiger partial charge >= 0.3 is 5.97 Å². The van der Waals surface area contributed by atoms with Crippen molar-refractivity contribution in [3.63, 3.8) is 0 Å². The van der Waals surface area contributed by atoms with Gasteiger partial charge in [0.1, 0.15) is 0 Å². The second-order valence-corrected chi connectivity index (χ2v) is 4.26. The molecule has 4 nitrogen and oxygen atoms in total. The summed E-state index contributed by atoms with van der Waals surface area (Å²) >= 11 is 0. The van der Waals surface area contributed by atoms with E-state index in [4.69, 9.17) is 10.8 Å². The number of carbonyl (C=O) groups is 1. The van der Waals surface area contributed by atoms with Crippen LogP contribution >= 0.6 is 0 Å². The third-order valence-electron chi connectivity index (χ3n) is 3.08. The molecule has 2 rings (SSSR count). The van der Waals surface area contributed by atoms with Crippen LogP contribution in [0.1, 0.15) is 30.1 Å². The van der Waals surface area contributed by atoms with Gasteiger partial charge in [-0.15, -0.1) is 0 Å². The van der Waals surface area contributed by atoms with Crippen molar-refractivity contribution in [2.75, 3.05) is 11.1 Å². The summed E-state index contributed by atoms with van der Waals surface area (Å²) in [6, 6.07) is 5.56. The molecular weight excluding hydrogens is 204 g/mol. The number of hydrogen-bond donors (Lipinski definition) is 3. The second-order valence-electron chi connectivity index (χ2n) is 4.26. The van der Waals surface area contributed by atoms with Crippen molar-refractivity contribution in [2.24, 2.45) is 5.92 Å². The number of carboxylic acids is 1. The number of anilines is 2. The number of nitrogen functional groups attached to an aromatic ring is 1. The first-order valence-electron chi connectivity index (χ1n) is 5.51. The highest BCUT2D eigenvalue weighted by Gasteiger charge is 2.35. The SMILES string of the molecule is CCC1CC1Nc1ccc(N)c(C(=O)O)c1. The topological polar surface area (TPSA) is 75.3 Å². The predicted octanol–water partition coefficient (Wildman–Crippen LogP) is 2.18. The van der Waals surface area contributed by atoms with Crippen LogP contribution in [0.2, 0.25) is 0 Å². The fraction of sp³-hybridized carbons (Fsp3) is 0.417. The molecular formula is C12H16N2O2. The smallest absolute Gasteiger partial charge is 0.337 e. The van der Waals surface area contributed by atoms with Gasteiger partial charge in [0.2, 0.25) is 0 Å². The summed E-state index contributed by atoms with van der Waals surface area (Å²) in [7, 11) is 0. The van der Waals surface area contributed by atoms with Crippen LogP contribution in [-0.4, -0.2) is 17.1 Å². The molecule has 1 fully saturated rings. The van der Waals surface area contributed by atoms with Crippen LogP contribution < -0.4 is 11.1 Å². The predicted molar refractivity (Wildman–Crippen MR) is 63.6 cm³/mol. The average molecular weight is 220 g/mol. The fourth-order valence-electron chi connectivity index (χ4n) is 1.92. The van der Waals surface area contributed by atoms with Crippen LogP contribution in [0.15, 0.2) is 18.2 Å². The Morgan fingerprint density at radius 3 is 2.94 bits per heavy atom. The highest BCUT2D eigenvalue weighted by atomic mass is 16.4. The minimum Gasteiger partial charge on any atom is -0.478 e. The number of rotatable bonds is 4. The molecule has 1 aromatic rings. The van der Waals surface area contributed by atoms with Crippen molar-refractivity contribution in [2.45, 2.75) is 25.8 Å². The van der Waals surface area contributed by atoms with Gasteiger partial charge in [0.05, 0.1) is 5.56 Å². The molecule has 0 heterocycles. The fourth-order valence-corrected chi connectivity index (χ4v) is 1.92. The number of carboxylic acid groups (broad SMARTS) is 1. The lowest BCUT2D eigenvalue weighted by Gasteiger charge is -2.08. The second kappa shape index (κ2) is 4.04. The molecule has 2 atom stereocenters. The van der Waals surface area contributed by atoms with Crippen molar-refractivity contribution in [1.82, 2.24) is 0 Å². The van der Waals surface area contributed by atoms with Crippen LogP contribution in [0.4, 0.5) is 11.4 Å². The molecule has 0 aromatic heterocycles. The van der Waals surface area contributed by atoms with Gasteiger partial charge in [-0.2, -0.15) is 0 Å². The van der Waals surface area contributed by atoms with Crippen LogP contribution in [-0.2, 0) is 0 Å². The zero-order valence-electron chi connectivity index (χ0n) is 9.23. The lowest BCUT2D eigenvalue weighted by molar-refractivity contribution is 0.0698. The molecule has 86 valence electrons. The Morgan fingerprint density at radius 1 is 1.62 bits per heavy atom. The maximum absolute atomic E-state index is 10.9. The zero-order valence-corrected chi connectivity index (χ0v) is 9.23. The largest absolute Gasteiger partial charge is 0.478 e. The van der Waals surface area contributed by atoms with Gasteiger partial charge in [0.25, 0.3) is 0 Å². The van der Waals surface area contributed by atoms with Gasteiger partial charge in [-0.25, -0.2) is 4.79 Å². The lowest BCUT2D eigenvalue weighted by Crippen LogP contribution is -2.07. The monoisotopic (exact) mass is 220 g/mol. The molecule has 4 heteroatoms. The van der Waals surface area contributed by atoms with Crippen molar-refractivity contribution < 1.29 is 9.90 Å². The van der Waals surface area contributed by atoms with Crippen molar-refractivity contribution >= 4 is 17.3 Å². The number of benzene rings is 1. The lowest BCUT2D eigenvalue weighted by atomic mass is 10.1. The number of nitrogens with two attached hydrogens (primary N) is 1. The first-order chi connectivity index (χ1) is 7.61. The summed E-state index contributed by atoms with van der Waals surface area (Å²) in [5.41, 5.74) is 6.89. The Balaban J connectivity index is 2.11. The van der Waals surface area contributed by atoms with E-state index >= 15 is 0 Å². The minimum atomic E-state index is -0.982. The Morgan fingerprint density at radius 2 is 2.38 bits per heavy atom. The van der Waals surface area contributed by atoms with E-state index in [1.165, 1.54) is 12.8 Å². The number of nitrogens with one attached hydrogen (secondary N) is 1. The minimum absolute atomic E-state index is 0.165. The molecule has 0 spiro atoms. The summed E-state index contributed by atoms with van der Waals surface area (Å²) < 4.78 is 0. The Hall–Kier alpha value is -1.71. The van der Waals surface area contributed by atoms with Gasteiger partial charge in [0.15, 0.2) is 0 Å². The Bertz CT molecular complexity index is 417. The molecule has 0 radical (unpaired) electrons. The molecule has 1 saturated carbocycles. The van der Waals surface area contributed by atoms with E-state index in [0.29, 0.717) is 11.7 Å².